The predicted octanol–water partition coefficient (Wildman–Crippen LogP) is 2.79. The molecular weight excluding hydrogens is 366 g/mol. The summed E-state index contributed by atoms with van der Waals surface area (Å²) in [7, 11) is 0. The molecule has 4 rings (SSSR count). The van der Waals surface area contributed by atoms with E-state index >= 15 is 0 Å². The number of aromatic amines is 1. The molecule has 0 aliphatic carbocycles. The second kappa shape index (κ2) is 9.19. The molecule has 8 nitrogen and oxygen atoms in total. The third kappa shape index (κ3) is 4.49. The number of nitrogens with zero attached hydrogens (tertiary/aromatic N) is 4. The van der Waals surface area contributed by atoms with E-state index in [4.69, 9.17) is 15.5 Å². The summed E-state index contributed by atoms with van der Waals surface area (Å²) < 4.78 is 5.51. The summed E-state index contributed by atoms with van der Waals surface area (Å²) in [5, 5.41) is 11.7. The fourth-order valence-electron chi connectivity index (χ4n) is 3.73. The Balaban J connectivity index is 1.70. The van der Waals surface area contributed by atoms with Gasteiger partial charge < -0.3 is 20.7 Å². The molecule has 0 spiro atoms. The van der Waals surface area contributed by atoms with Crippen LogP contribution in [0.15, 0.2) is 30.6 Å². The Morgan fingerprint density at radius 2 is 2.10 bits per heavy atom. The zero-order chi connectivity index (χ0) is 20.1. The Labute approximate surface area is 170 Å². The Morgan fingerprint density at radius 1 is 1.24 bits per heavy atom. The van der Waals surface area contributed by atoms with Crippen molar-refractivity contribution in [3.05, 3.63) is 30.6 Å². The predicted molar refractivity (Wildman–Crippen MR) is 116 cm³/mol. The van der Waals surface area contributed by atoms with Gasteiger partial charge in [-0.2, -0.15) is 5.10 Å². The molecule has 0 saturated carbocycles. The highest BCUT2D eigenvalue weighted by Crippen LogP contribution is 2.32. The highest BCUT2D eigenvalue weighted by atomic mass is 16.5. The van der Waals surface area contributed by atoms with Crippen molar-refractivity contribution in [2.24, 2.45) is 5.73 Å². The highest BCUT2D eigenvalue weighted by Gasteiger charge is 2.18. The summed E-state index contributed by atoms with van der Waals surface area (Å²) >= 11 is 0. The Morgan fingerprint density at radius 3 is 2.86 bits per heavy atom. The lowest BCUT2D eigenvalue weighted by molar-refractivity contribution is 0.122. The molecule has 0 aromatic carbocycles. The van der Waals surface area contributed by atoms with Crippen LogP contribution in [0, 0.1) is 0 Å². The van der Waals surface area contributed by atoms with Crippen LogP contribution in [-0.4, -0.2) is 59.1 Å². The molecule has 3 aromatic heterocycles. The van der Waals surface area contributed by atoms with E-state index in [0.717, 1.165) is 85.9 Å². The SMILES string of the molecule is CCCC(N)CCNc1cc(N2CCOCC2)nc2c(-c3ccn[nH]3)nccc12. The van der Waals surface area contributed by atoms with Crippen molar-refractivity contribution in [3.63, 3.8) is 0 Å². The largest absolute Gasteiger partial charge is 0.384 e. The average Bonchev–Trinajstić information content (AvgIpc) is 3.29. The smallest absolute Gasteiger partial charge is 0.131 e. The maximum atomic E-state index is 6.20. The summed E-state index contributed by atoms with van der Waals surface area (Å²) in [5.41, 5.74) is 9.79. The summed E-state index contributed by atoms with van der Waals surface area (Å²) in [4.78, 5) is 11.8. The monoisotopic (exact) mass is 395 g/mol. The van der Waals surface area contributed by atoms with Gasteiger partial charge in [-0.25, -0.2) is 4.98 Å². The summed E-state index contributed by atoms with van der Waals surface area (Å²) in [6.45, 7) is 6.09. The molecule has 0 amide bonds. The fourth-order valence-corrected chi connectivity index (χ4v) is 3.73. The van der Waals surface area contributed by atoms with Crippen molar-refractivity contribution in [2.75, 3.05) is 43.1 Å². The van der Waals surface area contributed by atoms with Crippen LogP contribution in [-0.2, 0) is 4.74 Å². The maximum absolute atomic E-state index is 6.20. The second-order valence-corrected chi connectivity index (χ2v) is 7.42. The maximum Gasteiger partial charge on any atom is 0.131 e. The van der Waals surface area contributed by atoms with E-state index in [9.17, 15) is 0 Å². The molecule has 1 fully saturated rings. The first-order valence-electron chi connectivity index (χ1n) is 10.4. The topological polar surface area (TPSA) is 105 Å². The number of pyridine rings is 2. The van der Waals surface area contributed by atoms with Crippen molar-refractivity contribution in [1.29, 1.82) is 0 Å². The van der Waals surface area contributed by atoms with E-state index in [1.54, 1.807) is 6.20 Å². The van der Waals surface area contributed by atoms with Crippen LogP contribution in [0.3, 0.4) is 0 Å². The first kappa shape index (κ1) is 19.6. The lowest BCUT2D eigenvalue weighted by atomic mass is 10.1. The highest BCUT2D eigenvalue weighted by molar-refractivity contribution is 5.99. The molecule has 4 heterocycles. The Kier molecular flexibility index (Phi) is 6.21. The van der Waals surface area contributed by atoms with Gasteiger partial charge in [0.05, 0.1) is 18.9 Å². The molecule has 0 radical (unpaired) electrons. The van der Waals surface area contributed by atoms with Crippen molar-refractivity contribution in [1.82, 2.24) is 20.2 Å². The van der Waals surface area contributed by atoms with Gasteiger partial charge in [0.15, 0.2) is 0 Å². The van der Waals surface area contributed by atoms with Crippen LogP contribution in [0.2, 0.25) is 0 Å². The molecule has 1 saturated heterocycles. The molecule has 8 heteroatoms. The van der Waals surface area contributed by atoms with Crippen LogP contribution in [0.1, 0.15) is 26.2 Å². The number of fused-ring (bicyclic) bond motifs is 1. The van der Waals surface area contributed by atoms with E-state index in [2.05, 4.69) is 38.4 Å². The number of nitrogens with two attached hydrogens (primary N) is 1. The van der Waals surface area contributed by atoms with Gasteiger partial charge in [0.2, 0.25) is 0 Å². The van der Waals surface area contributed by atoms with E-state index in [0.29, 0.717) is 0 Å². The molecule has 1 unspecified atom stereocenters. The lowest BCUT2D eigenvalue weighted by Gasteiger charge is -2.28. The molecule has 4 N–H and O–H groups in total. The summed E-state index contributed by atoms with van der Waals surface area (Å²) in [5.74, 6) is 0.940. The molecule has 1 atom stereocenters. The average molecular weight is 396 g/mol. The van der Waals surface area contributed by atoms with E-state index in [1.807, 2.05) is 18.3 Å². The third-order valence-electron chi connectivity index (χ3n) is 5.30. The molecule has 154 valence electrons. The lowest BCUT2D eigenvalue weighted by Crippen LogP contribution is -2.36. The van der Waals surface area contributed by atoms with Gasteiger partial charge in [0, 0.05) is 55.2 Å². The zero-order valence-electron chi connectivity index (χ0n) is 16.9. The van der Waals surface area contributed by atoms with Crippen LogP contribution < -0.4 is 16.0 Å². The van der Waals surface area contributed by atoms with Gasteiger partial charge >= 0.3 is 0 Å². The molecule has 29 heavy (non-hydrogen) atoms. The van der Waals surface area contributed by atoms with E-state index < -0.39 is 0 Å². The van der Waals surface area contributed by atoms with Crippen molar-refractivity contribution in [2.45, 2.75) is 32.2 Å². The van der Waals surface area contributed by atoms with Gasteiger partial charge in [0.25, 0.3) is 0 Å². The molecule has 0 bridgehead atoms. The number of aromatic nitrogens is 4. The Bertz CT molecular complexity index is 922. The first-order chi connectivity index (χ1) is 14.3. The Hall–Kier alpha value is -2.71. The van der Waals surface area contributed by atoms with Crippen molar-refractivity contribution in [3.8, 4) is 11.4 Å². The summed E-state index contributed by atoms with van der Waals surface area (Å²) in [6, 6.07) is 6.29. The third-order valence-corrected chi connectivity index (χ3v) is 5.30. The first-order valence-corrected chi connectivity index (χ1v) is 10.4. The van der Waals surface area contributed by atoms with Gasteiger partial charge in [-0.3, -0.25) is 10.1 Å². The molecule has 1 aliphatic heterocycles. The molecule has 3 aromatic rings. The quantitative estimate of drug-likeness (QED) is 0.538. The van der Waals surface area contributed by atoms with E-state index in [-0.39, 0.29) is 6.04 Å². The number of morpholine rings is 1. The minimum atomic E-state index is 0.224. The van der Waals surface area contributed by atoms with Crippen LogP contribution in [0.25, 0.3) is 22.3 Å². The molecular formula is C21H29N7O. The minimum Gasteiger partial charge on any atom is -0.384 e. The van der Waals surface area contributed by atoms with Crippen molar-refractivity contribution >= 4 is 22.4 Å². The van der Waals surface area contributed by atoms with Gasteiger partial charge in [-0.1, -0.05) is 13.3 Å². The van der Waals surface area contributed by atoms with Gasteiger partial charge in [0.1, 0.15) is 17.0 Å². The number of nitrogens with one attached hydrogen (secondary N) is 2. The minimum absolute atomic E-state index is 0.224. The molecule has 1 aliphatic rings. The zero-order valence-corrected chi connectivity index (χ0v) is 16.9. The number of anilines is 2. The van der Waals surface area contributed by atoms with Crippen LogP contribution in [0.5, 0.6) is 0 Å². The fraction of sp³-hybridized carbons (Fsp3) is 0.476. The number of hydrogen-bond donors (Lipinski definition) is 3. The van der Waals surface area contributed by atoms with Crippen molar-refractivity contribution < 1.29 is 4.74 Å². The standard InChI is InChI=1S/C21H29N7O/c1-2-3-15(22)4-7-23-18-14-19(28-10-12-29-13-11-28)26-20-16(18)5-8-24-21(20)17-6-9-25-27-17/h5-6,8-9,14-15H,2-4,7,10-13,22H2,1H3,(H,23,26)(H,25,27). The number of H-pyrrole nitrogens is 1. The number of rotatable bonds is 8. The van der Waals surface area contributed by atoms with E-state index in [1.165, 1.54) is 0 Å². The normalized spacial score (nSPS) is 15.6. The van der Waals surface area contributed by atoms with Crippen LogP contribution in [0.4, 0.5) is 11.5 Å². The number of hydrogen-bond acceptors (Lipinski definition) is 7. The second-order valence-electron chi connectivity index (χ2n) is 7.42. The van der Waals surface area contributed by atoms with Gasteiger partial charge in [-0.05, 0) is 25.0 Å². The van der Waals surface area contributed by atoms with Gasteiger partial charge in [-0.15, -0.1) is 0 Å². The number of ether oxygens (including phenoxy) is 1. The summed E-state index contributed by atoms with van der Waals surface area (Å²) in [6.07, 6.45) is 6.65. The van der Waals surface area contributed by atoms with Crippen LogP contribution >= 0.6 is 0 Å².